The molecule has 0 amide bonds. The zero-order valence-corrected chi connectivity index (χ0v) is 15.9. The van der Waals surface area contributed by atoms with E-state index in [1.165, 1.54) is 29.4 Å². The standard InChI is InChI=1S/C20H28N6/c1-24(12-15-6-7-16-10-21-23-19(16)9-15)13-17-5-4-8-25(2)20(17)18-11-22-26(3)14-18/h6-7,9-11,14,17,20H,4-5,8,12-13H2,1-3H3,(H,21,23)/t17-,20+/m0/s1. The molecule has 0 bridgehead atoms. The van der Waals surface area contributed by atoms with Gasteiger partial charge in [-0.05, 0) is 51.0 Å². The molecule has 4 rings (SSSR count). The highest BCUT2D eigenvalue weighted by atomic mass is 15.3. The lowest BCUT2D eigenvalue weighted by molar-refractivity contribution is 0.0926. The van der Waals surface area contributed by atoms with Gasteiger partial charge in [0, 0.05) is 43.3 Å². The Morgan fingerprint density at radius 3 is 2.96 bits per heavy atom. The second-order valence-corrected chi connectivity index (χ2v) is 7.76. The molecule has 6 heteroatoms. The van der Waals surface area contributed by atoms with Gasteiger partial charge in [-0.15, -0.1) is 0 Å². The molecule has 1 N–H and O–H groups in total. The summed E-state index contributed by atoms with van der Waals surface area (Å²) in [7, 11) is 6.47. The largest absolute Gasteiger partial charge is 0.302 e. The van der Waals surface area contributed by atoms with Gasteiger partial charge in [0.15, 0.2) is 0 Å². The summed E-state index contributed by atoms with van der Waals surface area (Å²) in [6, 6.07) is 7.02. The lowest BCUT2D eigenvalue weighted by Gasteiger charge is -2.40. The molecule has 138 valence electrons. The molecule has 0 spiro atoms. The van der Waals surface area contributed by atoms with Gasteiger partial charge in [0.2, 0.25) is 0 Å². The number of aryl methyl sites for hydroxylation is 1. The topological polar surface area (TPSA) is 53.0 Å². The number of H-pyrrole nitrogens is 1. The summed E-state index contributed by atoms with van der Waals surface area (Å²) < 4.78 is 1.91. The van der Waals surface area contributed by atoms with Crippen molar-refractivity contribution in [2.75, 3.05) is 27.2 Å². The first-order valence-electron chi connectivity index (χ1n) is 9.39. The summed E-state index contributed by atoms with van der Waals surface area (Å²) in [6.07, 6.45) is 8.62. The molecule has 1 aromatic carbocycles. The van der Waals surface area contributed by atoms with Crippen molar-refractivity contribution in [1.82, 2.24) is 29.8 Å². The maximum Gasteiger partial charge on any atom is 0.0653 e. The fourth-order valence-corrected chi connectivity index (χ4v) is 4.43. The zero-order chi connectivity index (χ0) is 18.1. The van der Waals surface area contributed by atoms with Crippen molar-refractivity contribution >= 4 is 10.9 Å². The van der Waals surface area contributed by atoms with Crippen molar-refractivity contribution in [2.24, 2.45) is 13.0 Å². The minimum Gasteiger partial charge on any atom is -0.302 e. The first-order valence-corrected chi connectivity index (χ1v) is 9.39. The second kappa shape index (κ2) is 7.21. The van der Waals surface area contributed by atoms with Crippen LogP contribution in [0.15, 0.2) is 36.8 Å². The van der Waals surface area contributed by atoms with Crippen LogP contribution in [0.2, 0.25) is 0 Å². The molecule has 3 aromatic rings. The number of aromatic nitrogens is 4. The number of aromatic amines is 1. The van der Waals surface area contributed by atoms with E-state index in [0.717, 1.165) is 25.2 Å². The van der Waals surface area contributed by atoms with E-state index in [1.54, 1.807) is 0 Å². The third-order valence-corrected chi connectivity index (χ3v) is 5.58. The van der Waals surface area contributed by atoms with Crippen LogP contribution in [-0.2, 0) is 13.6 Å². The van der Waals surface area contributed by atoms with Gasteiger partial charge in [-0.2, -0.15) is 10.2 Å². The van der Waals surface area contributed by atoms with Gasteiger partial charge in [0.05, 0.1) is 17.9 Å². The Morgan fingerprint density at radius 2 is 2.15 bits per heavy atom. The van der Waals surface area contributed by atoms with Crippen molar-refractivity contribution in [3.8, 4) is 0 Å². The Hall–Kier alpha value is -2.18. The number of nitrogens with zero attached hydrogens (tertiary/aromatic N) is 5. The van der Waals surface area contributed by atoms with Crippen LogP contribution in [-0.4, -0.2) is 57.0 Å². The van der Waals surface area contributed by atoms with Crippen LogP contribution in [0.4, 0.5) is 0 Å². The predicted octanol–water partition coefficient (Wildman–Crippen LogP) is 2.81. The van der Waals surface area contributed by atoms with Gasteiger partial charge in [0.1, 0.15) is 0 Å². The highest BCUT2D eigenvalue weighted by Crippen LogP contribution is 2.35. The van der Waals surface area contributed by atoms with Crippen LogP contribution in [0, 0.1) is 5.92 Å². The Labute approximate surface area is 154 Å². The number of likely N-dealkylation sites (tertiary alicyclic amines) is 1. The quantitative estimate of drug-likeness (QED) is 0.767. The van der Waals surface area contributed by atoms with Crippen LogP contribution in [0.1, 0.15) is 30.0 Å². The van der Waals surface area contributed by atoms with E-state index in [9.17, 15) is 0 Å². The number of hydrogen-bond donors (Lipinski definition) is 1. The number of rotatable bonds is 5. The Balaban J connectivity index is 1.46. The molecule has 1 aliphatic rings. The molecule has 0 unspecified atom stereocenters. The molecule has 0 aliphatic carbocycles. The summed E-state index contributed by atoms with van der Waals surface area (Å²) in [5.41, 5.74) is 3.78. The average Bonchev–Trinajstić information content (AvgIpc) is 3.23. The minimum atomic E-state index is 0.454. The number of benzene rings is 1. The van der Waals surface area contributed by atoms with Crippen molar-refractivity contribution in [2.45, 2.75) is 25.4 Å². The summed E-state index contributed by atoms with van der Waals surface area (Å²) in [6.45, 7) is 3.20. The van der Waals surface area contributed by atoms with Crippen LogP contribution in [0.25, 0.3) is 10.9 Å². The van der Waals surface area contributed by atoms with Crippen molar-refractivity contribution in [1.29, 1.82) is 0 Å². The SMILES string of the molecule is CN(Cc1ccc2cn[nH]c2c1)C[C@@H]1CCCN(C)[C@H]1c1cnn(C)c1. The van der Waals surface area contributed by atoms with Crippen molar-refractivity contribution in [3.63, 3.8) is 0 Å². The Morgan fingerprint density at radius 1 is 1.27 bits per heavy atom. The smallest absolute Gasteiger partial charge is 0.0653 e. The summed E-state index contributed by atoms with van der Waals surface area (Å²) >= 11 is 0. The van der Waals surface area contributed by atoms with Crippen LogP contribution in [0.5, 0.6) is 0 Å². The van der Waals surface area contributed by atoms with Gasteiger partial charge < -0.3 is 4.90 Å². The molecule has 0 radical (unpaired) electrons. The van der Waals surface area contributed by atoms with Crippen molar-refractivity contribution in [3.05, 3.63) is 47.9 Å². The van der Waals surface area contributed by atoms with E-state index in [0.29, 0.717) is 12.0 Å². The predicted molar refractivity (Wildman–Crippen MR) is 104 cm³/mol. The number of piperidine rings is 1. The molecule has 2 atom stereocenters. The molecule has 1 saturated heterocycles. The van der Waals surface area contributed by atoms with Gasteiger partial charge in [0.25, 0.3) is 0 Å². The third-order valence-electron chi connectivity index (χ3n) is 5.58. The van der Waals surface area contributed by atoms with E-state index in [1.807, 2.05) is 24.1 Å². The lowest BCUT2D eigenvalue weighted by Crippen LogP contribution is -2.40. The van der Waals surface area contributed by atoms with E-state index in [2.05, 4.69) is 63.6 Å². The Bertz CT molecular complexity index is 866. The van der Waals surface area contributed by atoms with Gasteiger partial charge >= 0.3 is 0 Å². The van der Waals surface area contributed by atoms with Gasteiger partial charge in [-0.1, -0.05) is 12.1 Å². The molecular weight excluding hydrogens is 324 g/mol. The fourth-order valence-electron chi connectivity index (χ4n) is 4.43. The molecule has 6 nitrogen and oxygen atoms in total. The number of hydrogen-bond acceptors (Lipinski definition) is 4. The maximum absolute atomic E-state index is 4.40. The third kappa shape index (κ3) is 3.52. The Kier molecular flexibility index (Phi) is 4.78. The normalized spacial score (nSPS) is 21.7. The molecule has 26 heavy (non-hydrogen) atoms. The summed E-state index contributed by atoms with van der Waals surface area (Å²) in [4.78, 5) is 4.94. The van der Waals surface area contributed by atoms with E-state index in [-0.39, 0.29) is 0 Å². The van der Waals surface area contributed by atoms with Crippen LogP contribution >= 0.6 is 0 Å². The molecule has 1 aliphatic heterocycles. The summed E-state index contributed by atoms with van der Waals surface area (Å²) in [5.74, 6) is 0.624. The van der Waals surface area contributed by atoms with E-state index in [4.69, 9.17) is 0 Å². The van der Waals surface area contributed by atoms with Crippen LogP contribution < -0.4 is 0 Å². The van der Waals surface area contributed by atoms with Crippen LogP contribution in [0.3, 0.4) is 0 Å². The highest BCUT2D eigenvalue weighted by Gasteiger charge is 2.32. The maximum atomic E-state index is 4.40. The van der Waals surface area contributed by atoms with Crippen molar-refractivity contribution < 1.29 is 0 Å². The first-order chi connectivity index (χ1) is 12.6. The lowest BCUT2D eigenvalue weighted by atomic mass is 9.85. The minimum absolute atomic E-state index is 0.454. The highest BCUT2D eigenvalue weighted by molar-refractivity contribution is 5.78. The molecular formula is C20H28N6. The fraction of sp³-hybridized carbons (Fsp3) is 0.500. The summed E-state index contributed by atoms with van der Waals surface area (Å²) in [5, 5.41) is 12.8. The van der Waals surface area contributed by atoms with E-state index < -0.39 is 0 Å². The zero-order valence-electron chi connectivity index (χ0n) is 15.9. The number of fused-ring (bicyclic) bond motifs is 1. The second-order valence-electron chi connectivity index (χ2n) is 7.76. The van der Waals surface area contributed by atoms with E-state index >= 15 is 0 Å². The first kappa shape index (κ1) is 17.2. The molecule has 2 aromatic heterocycles. The monoisotopic (exact) mass is 352 g/mol. The van der Waals surface area contributed by atoms with Gasteiger partial charge in [-0.25, -0.2) is 0 Å². The number of nitrogens with one attached hydrogen (secondary N) is 1. The molecule has 1 fully saturated rings. The molecule has 0 saturated carbocycles. The molecule has 3 heterocycles. The van der Waals surface area contributed by atoms with Gasteiger partial charge in [-0.3, -0.25) is 14.7 Å². The average molecular weight is 352 g/mol.